The van der Waals surface area contributed by atoms with Gasteiger partial charge in [0, 0.05) is 10.9 Å². The normalized spacial score (nSPS) is 22.8. The average Bonchev–Trinajstić information content (AvgIpc) is 2.79. The third kappa shape index (κ3) is 2.33. The Bertz CT molecular complexity index is 549. The predicted molar refractivity (Wildman–Crippen MR) is 78.2 cm³/mol. The van der Waals surface area contributed by atoms with E-state index in [0.717, 1.165) is 17.2 Å². The summed E-state index contributed by atoms with van der Waals surface area (Å²) in [5.74, 6) is 0.537. The molecule has 3 rings (SSSR count). The highest BCUT2D eigenvalue weighted by molar-refractivity contribution is 7.16. The molecule has 0 fully saturated rings. The van der Waals surface area contributed by atoms with Gasteiger partial charge in [-0.3, -0.25) is 0 Å². The van der Waals surface area contributed by atoms with Crippen LogP contribution in [0.1, 0.15) is 28.5 Å². The van der Waals surface area contributed by atoms with Crippen molar-refractivity contribution in [3.8, 4) is 0 Å². The molecule has 1 heterocycles. The van der Waals surface area contributed by atoms with Gasteiger partial charge in [-0.1, -0.05) is 35.9 Å². The average molecular weight is 278 g/mol. The van der Waals surface area contributed by atoms with Gasteiger partial charge in [0.2, 0.25) is 0 Å². The number of benzene rings is 1. The van der Waals surface area contributed by atoms with Crippen LogP contribution in [0.5, 0.6) is 0 Å². The van der Waals surface area contributed by atoms with Crippen LogP contribution in [0.15, 0.2) is 36.4 Å². The second kappa shape index (κ2) is 5.04. The lowest BCUT2D eigenvalue weighted by molar-refractivity contribution is 0.378. The van der Waals surface area contributed by atoms with E-state index in [1.165, 1.54) is 22.4 Å². The zero-order valence-corrected chi connectivity index (χ0v) is 11.7. The Morgan fingerprint density at radius 2 is 2.06 bits per heavy atom. The number of hydrogen-bond donors (Lipinski definition) is 1. The number of thiophene rings is 1. The maximum Gasteiger partial charge on any atom is 0.0931 e. The number of hydrogen-bond acceptors (Lipinski definition) is 2. The number of fused-ring (bicyclic) bond motifs is 1. The highest BCUT2D eigenvalue weighted by Crippen LogP contribution is 2.36. The molecule has 0 saturated heterocycles. The monoisotopic (exact) mass is 277 g/mol. The minimum absolute atomic E-state index is 0.163. The van der Waals surface area contributed by atoms with E-state index in [-0.39, 0.29) is 6.04 Å². The van der Waals surface area contributed by atoms with Crippen molar-refractivity contribution in [1.82, 2.24) is 0 Å². The highest BCUT2D eigenvalue weighted by Gasteiger charge is 2.26. The van der Waals surface area contributed by atoms with E-state index in [9.17, 15) is 0 Å². The Kier molecular flexibility index (Phi) is 3.42. The van der Waals surface area contributed by atoms with E-state index in [2.05, 4.69) is 30.3 Å². The van der Waals surface area contributed by atoms with E-state index < -0.39 is 0 Å². The predicted octanol–water partition coefficient (Wildman–Crippen LogP) is 4.21. The summed E-state index contributed by atoms with van der Waals surface area (Å²) < 4.78 is 0.870. The zero-order valence-electron chi connectivity index (χ0n) is 10.1. The van der Waals surface area contributed by atoms with E-state index in [1.807, 2.05) is 6.07 Å². The fourth-order valence-electron chi connectivity index (χ4n) is 2.81. The Labute approximate surface area is 117 Å². The molecule has 2 aromatic rings. The van der Waals surface area contributed by atoms with Gasteiger partial charge < -0.3 is 5.73 Å². The summed E-state index contributed by atoms with van der Waals surface area (Å²) in [5, 5.41) is 0. The first-order valence-corrected chi connectivity index (χ1v) is 7.51. The summed E-state index contributed by atoms with van der Waals surface area (Å²) in [7, 11) is 0. The Morgan fingerprint density at radius 1 is 1.22 bits per heavy atom. The van der Waals surface area contributed by atoms with Gasteiger partial charge >= 0.3 is 0 Å². The smallest absolute Gasteiger partial charge is 0.0931 e. The molecule has 18 heavy (non-hydrogen) atoms. The Balaban J connectivity index is 1.80. The van der Waals surface area contributed by atoms with Crippen molar-refractivity contribution >= 4 is 22.9 Å². The molecule has 2 atom stereocenters. The van der Waals surface area contributed by atoms with E-state index >= 15 is 0 Å². The molecule has 1 aromatic carbocycles. The zero-order chi connectivity index (χ0) is 12.5. The van der Waals surface area contributed by atoms with Crippen LogP contribution in [-0.4, -0.2) is 0 Å². The van der Waals surface area contributed by atoms with Crippen LogP contribution in [0.4, 0.5) is 0 Å². The van der Waals surface area contributed by atoms with Crippen LogP contribution >= 0.6 is 22.9 Å². The van der Waals surface area contributed by atoms with Gasteiger partial charge in [-0.25, -0.2) is 0 Å². The van der Waals surface area contributed by atoms with Gasteiger partial charge in [-0.05, 0) is 48.4 Å². The SMILES string of the molecule is NC1c2ccccc2CCC1Cc1ccc(Cl)s1. The third-order valence-electron chi connectivity index (χ3n) is 3.80. The largest absolute Gasteiger partial charge is 0.324 e. The first-order chi connectivity index (χ1) is 8.74. The molecule has 0 radical (unpaired) electrons. The van der Waals surface area contributed by atoms with Crippen molar-refractivity contribution < 1.29 is 0 Å². The number of halogens is 1. The van der Waals surface area contributed by atoms with E-state index in [0.29, 0.717) is 5.92 Å². The summed E-state index contributed by atoms with van der Waals surface area (Å²) in [5.41, 5.74) is 9.17. The van der Waals surface area contributed by atoms with Crippen molar-refractivity contribution in [2.45, 2.75) is 25.3 Å². The molecule has 0 bridgehead atoms. The molecule has 0 saturated carbocycles. The van der Waals surface area contributed by atoms with Crippen molar-refractivity contribution in [3.63, 3.8) is 0 Å². The lowest BCUT2D eigenvalue weighted by Gasteiger charge is -2.30. The highest BCUT2D eigenvalue weighted by atomic mass is 35.5. The molecule has 94 valence electrons. The maximum atomic E-state index is 6.42. The molecule has 0 aliphatic heterocycles. The van der Waals surface area contributed by atoms with Gasteiger partial charge in [-0.2, -0.15) is 0 Å². The fourth-order valence-corrected chi connectivity index (χ4v) is 3.99. The number of aryl methyl sites for hydroxylation is 1. The second-order valence-corrected chi connectivity index (χ2v) is 6.73. The van der Waals surface area contributed by atoms with E-state index in [1.54, 1.807) is 11.3 Å². The summed E-state index contributed by atoms with van der Waals surface area (Å²) in [6.45, 7) is 0. The molecule has 3 heteroatoms. The minimum Gasteiger partial charge on any atom is -0.324 e. The molecule has 0 spiro atoms. The fraction of sp³-hybridized carbons (Fsp3) is 0.333. The van der Waals surface area contributed by atoms with Gasteiger partial charge in [0.1, 0.15) is 0 Å². The molecule has 1 aliphatic carbocycles. The molecule has 2 N–H and O–H groups in total. The molecule has 1 nitrogen and oxygen atoms in total. The first kappa shape index (κ1) is 12.2. The standard InChI is InChI=1S/C15H16ClNS/c16-14-8-7-12(18-14)9-11-6-5-10-3-1-2-4-13(10)15(11)17/h1-4,7-8,11,15H,5-6,9,17H2. The molecule has 0 amide bonds. The third-order valence-corrected chi connectivity index (χ3v) is 5.05. The van der Waals surface area contributed by atoms with Crippen molar-refractivity contribution in [3.05, 3.63) is 56.7 Å². The van der Waals surface area contributed by atoms with Crippen LogP contribution in [0, 0.1) is 5.92 Å². The first-order valence-electron chi connectivity index (χ1n) is 6.31. The quantitative estimate of drug-likeness (QED) is 0.874. The minimum atomic E-state index is 0.163. The van der Waals surface area contributed by atoms with Crippen molar-refractivity contribution in [2.75, 3.05) is 0 Å². The number of nitrogens with two attached hydrogens (primary N) is 1. The molecular weight excluding hydrogens is 262 g/mol. The van der Waals surface area contributed by atoms with Gasteiger partial charge in [0.25, 0.3) is 0 Å². The maximum absolute atomic E-state index is 6.42. The van der Waals surface area contributed by atoms with E-state index in [4.69, 9.17) is 17.3 Å². The van der Waals surface area contributed by atoms with Crippen molar-refractivity contribution in [2.24, 2.45) is 11.7 Å². The van der Waals surface area contributed by atoms with Crippen LogP contribution in [0.25, 0.3) is 0 Å². The summed E-state index contributed by atoms with van der Waals surface area (Å²) >= 11 is 7.66. The van der Waals surface area contributed by atoms with Gasteiger partial charge in [0.15, 0.2) is 0 Å². The second-order valence-electron chi connectivity index (χ2n) is 4.93. The Morgan fingerprint density at radius 3 is 2.83 bits per heavy atom. The van der Waals surface area contributed by atoms with Crippen LogP contribution in [-0.2, 0) is 12.8 Å². The van der Waals surface area contributed by atoms with Crippen molar-refractivity contribution in [1.29, 1.82) is 0 Å². The molecule has 1 aromatic heterocycles. The summed E-state index contributed by atoms with van der Waals surface area (Å²) in [6.07, 6.45) is 3.37. The van der Waals surface area contributed by atoms with Gasteiger partial charge in [-0.15, -0.1) is 11.3 Å². The lowest BCUT2D eigenvalue weighted by atomic mass is 9.78. The Hall–Kier alpha value is -0.830. The number of rotatable bonds is 2. The topological polar surface area (TPSA) is 26.0 Å². The van der Waals surface area contributed by atoms with Crippen LogP contribution in [0.3, 0.4) is 0 Å². The summed E-state index contributed by atoms with van der Waals surface area (Å²) in [4.78, 5) is 1.35. The molecule has 1 aliphatic rings. The van der Waals surface area contributed by atoms with Crippen LogP contribution < -0.4 is 5.73 Å². The van der Waals surface area contributed by atoms with Gasteiger partial charge in [0.05, 0.1) is 4.34 Å². The summed E-state index contributed by atoms with van der Waals surface area (Å²) in [6, 6.07) is 12.8. The lowest BCUT2D eigenvalue weighted by Crippen LogP contribution is -2.28. The van der Waals surface area contributed by atoms with Crippen LogP contribution in [0.2, 0.25) is 4.34 Å². The molecule has 2 unspecified atom stereocenters. The molecular formula is C15H16ClNS.